The van der Waals surface area contributed by atoms with Gasteiger partial charge in [0.25, 0.3) is 0 Å². The maximum Gasteiger partial charge on any atom is 0.235 e. The van der Waals surface area contributed by atoms with E-state index < -0.39 is 0 Å². The molecule has 0 fully saturated rings. The fraction of sp³-hybridized carbons (Fsp3) is 0.727. The van der Waals surface area contributed by atoms with Gasteiger partial charge in [-0.1, -0.05) is 25.5 Å². The van der Waals surface area contributed by atoms with Gasteiger partial charge >= 0.3 is 0 Å². The van der Waals surface area contributed by atoms with Crippen molar-refractivity contribution in [3.05, 3.63) is 11.6 Å². The molecule has 0 aliphatic carbocycles. The number of hydrogen-bond donors (Lipinski definition) is 1. The summed E-state index contributed by atoms with van der Waals surface area (Å²) in [6.07, 6.45) is 3.18. The highest BCUT2D eigenvalue weighted by atomic mass is 32.1. The zero-order chi connectivity index (χ0) is 10.7. The maximum atomic E-state index is 11.9. The minimum atomic E-state index is -0.152. The monoisotopic (exact) mass is 213 g/mol. The van der Waals surface area contributed by atoms with E-state index >= 15 is 0 Å². The first-order valence-electron chi connectivity index (χ1n) is 5.15. The van der Waals surface area contributed by atoms with Crippen LogP contribution in [0.1, 0.15) is 27.2 Å². The zero-order valence-corrected chi connectivity index (χ0v) is 10.1. The predicted molar refractivity (Wildman–Crippen MR) is 62.6 cm³/mol. The fourth-order valence-electron chi connectivity index (χ4n) is 1.57. The molecule has 2 nitrogen and oxygen atoms in total. The van der Waals surface area contributed by atoms with Gasteiger partial charge in [-0.05, 0) is 19.3 Å². The van der Waals surface area contributed by atoms with Gasteiger partial charge in [-0.25, -0.2) is 0 Å². The molecule has 3 heteroatoms. The molecular formula is C11H19NOS. The number of thiol groups is 1. The predicted octanol–water partition coefficient (Wildman–Crippen LogP) is 2.12. The first kappa shape index (κ1) is 11.6. The zero-order valence-electron chi connectivity index (χ0n) is 9.16. The van der Waals surface area contributed by atoms with Crippen LogP contribution < -0.4 is 0 Å². The molecule has 1 atom stereocenters. The Hall–Kier alpha value is -0.440. The van der Waals surface area contributed by atoms with E-state index in [2.05, 4.69) is 25.6 Å². The van der Waals surface area contributed by atoms with Crippen LogP contribution in [0, 0.1) is 5.92 Å². The number of carbonyl (C=O) groups is 1. The van der Waals surface area contributed by atoms with Gasteiger partial charge in [0.05, 0.1) is 5.25 Å². The summed E-state index contributed by atoms with van der Waals surface area (Å²) in [6, 6.07) is 0. The molecule has 1 unspecified atom stereocenters. The fourth-order valence-corrected chi connectivity index (χ4v) is 1.74. The minimum absolute atomic E-state index is 0.152. The van der Waals surface area contributed by atoms with E-state index in [9.17, 15) is 4.79 Å². The van der Waals surface area contributed by atoms with Gasteiger partial charge in [-0.2, -0.15) is 12.6 Å². The SMILES string of the molecule is CC1=CCCN(C(=O)C(S)C(C)C)C1. The first-order chi connectivity index (χ1) is 6.52. The summed E-state index contributed by atoms with van der Waals surface area (Å²) in [7, 11) is 0. The van der Waals surface area contributed by atoms with Gasteiger partial charge < -0.3 is 4.90 Å². The van der Waals surface area contributed by atoms with Crippen molar-refractivity contribution in [2.45, 2.75) is 32.4 Å². The Morgan fingerprint density at radius 3 is 2.71 bits per heavy atom. The molecule has 0 saturated heterocycles. The molecule has 0 aromatic rings. The third kappa shape index (κ3) is 2.77. The summed E-state index contributed by atoms with van der Waals surface area (Å²) in [5, 5.41) is -0.152. The van der Waals surface area contributed by atoms with Crippen LogP contribution in [0.2, 0.25) is 0 Å². The average molecular weight is 213 g/mol. The minimum Gasteiger partial charge on any atom is -0.337 e. The third-order valence-electron chi connectivity index (χ3n) is 2.53. The van der Waals surface area contributed by atoms with Crippen LogP contribution in [0.3, 0.4) is 0 Å². The van der Waals surface area contributed by atoms with E-state index in [0.29, 0.717) is 5.92 Å². The van der Waals surface area contributed by atoms with Gasteiger partial charge in [0.2, 0.25) is 5.91 Å². The van der Waals surface area contributed by atoms with E-state index in [4.69, 9.17) is 0 Å². The molecule has 1 rings (SSSR count). The Labute approximate surface area is 91.8 Å². The normalized spacial score (nSPS) is 19.5. The van der Waals surface area contributed by atoms with E-state index in [0.717, 1.165) is 19.5 Å². The van der Waals surface area contributed by atoms with E-state index in [-0.39, 0.29) is 11.2 Å². The van der Waals surface area contributed by atoms with Gasteiger partial charge in [0.1, 0.15) is 0 Å². The molecule has 1 aliphatic heterocycles. The van der Waals surface area contributed by atoms with Crippen LogP contribution in [0.15, 0.2) is 11.6 Å². The summed E-state index contributed by atoms with van der Waals surface area (Å²) in [5.41, 5.74) is 1.29. The molecule has 0 bridgehead atoms. The third-order valence-corrected chi connectivity index (χ3v) is 3.35. The van der Waals surface area contributed by atoms with Gasteiger partial charge in [0.15, 0.2) is 0 Å². The second-order valence-electron chi connectivity index (χ2n) is 4.29. The van der Waals surface area contributed by atoms with Gasteiger partial charge in [-0.3, -0.25) is 4.79 Å². The number of carbonyl (C=O) groups excluding carboxylic acids is 1. The lowest BCUT2D eigenvalue weighted by molar-refractivity contribution is -0.131. The smallest absolute Gasteiger partial charge is 0.235 e. The number of nitrogens with zero attached hydrogens (tertiary/aromatic N) is 1. The highest BCUT2D eigenvalue weighted by Gasteiger charge is 2.24. The van der Waals surface area contributed by atoms with Crippen molar-refractivity contribution in [2.75, 3.05) is 13.1 Å². The summed E-state index contributed by atoms with van der Waals surface area (Å²) >= 11 is 4.35. The van der Waals surface area contributed by atoms with Crippen LogP contribution in [0.25, 0.3) is 0 Å². The Kier molecular flexibility index (Phi) is 4.05. The number of rotatable bonds is 2. The molecule has 14 heavy (non-hydrogen) atoms. The lowest BCUT2D eigenvalue weighted by Crippen LogP contribution is -2.41. The summed E-state index contributed by atoms with van der Waals surface area (Å²) in [6.45, 7) is 7.76. The van der Waals surface area contributed by atoms with Crippen molar-refractivity contribution in [3.63, 3.8) is 0 Å². The largest absolute Gasteiger partial charge is 0.337 e. The van der Waals surface area contributed by atoms with Crippen molar-refractivity contribution in [1.29, 1.82) is 0 Å². The standard InChI is InChI=1S/C11H19NOS/c1-8(2)10(14)11(13)12-6-4-5-9(3)7-12/h5,8,10,14H,4,6-7H2,1-3H3. The van der Waals surface area contributed by atoms with Crippen LogP contribution >= 0.6 is 12.6 Å². The quantitative estimate of drug-likeness (QED) is 0.550. The number of amides is 1. The Balaban J connectivity index is 2.57. The highest BCUT2D eigenvalue weighted by Crippen LogP contribution is 2.16. The first-order valence-corrected chi connectivity index (χ1v) is 5.66. The molecule has 80 valence electrons. The molecule has 0 aromatic carbocycles. The molecule has 0 saturated carbocycles. The Bertz CT molecular complexity index is 248. The van der Waals surface area contributed by atoms with Crippen molar-refractivity contribution >= 4 is 18.5 Å². The summed E-state index contributed by atoms with van der Waals surface area (Å²) in [4.78, 5) is 13.8. The molecule has 1 heterocycles. The molecular weight excluding hydrogens is 194 g/mol. The van der Waals surface area contributed by atoms with Crippen molar-refractivity contribution in [2.24, 2.45) is 5.92 Å². The second-order valence-corrected chi connectivity index (χ2v) is 4.84. The number of hydrogen-bond acceptors (Lipinski definition) is 2. The summed E-state index contributed by atoms with van der Waals surface area (Å²) in [5.74, 6) is 0.479. The Morgan fingerprint density at radius 1 is 1.57 bits per heavy atom. The Morgan fingerprint density at radius 2 is 2.21 bits per heavy atom. The van der Waals surface area contributed by atoms with Crippen molar-refractivity contribution < 1.29 is 4.79 Å². The van der Waals surface area contributed by atoms with Crippen molar-refractivity contribution in [3.8, 4) is 0 Å². The molecule has 1 aliphatic rings. The summed E-state index contributed by atoms with van der Waals surface area (Å²) < 4.78 is 0. The lowest BCUT2D eigenvalue weighted by Gasteiger charge is -2.29. The van der Waals surface area contributed by atoms with Gasteiger partial charge in [-0.15, -0.1) is 0 Å². The van der Waals surface area contributed by atoms with Crippen molar-refractivity contribution in [1.82, 2.24) is 4.90 Å². The topological polar surface area (TPSA) is 20.3 Å². The lowest BCUT2D eigenvalue weighted by atomic mass is 10.1. The van der Waals surface area contributed by atoms with Crippen LogP contribution in [-0.4, -0.2) is 29.1 Å². The molecule has 1 amide bonds. The second kappa shape index (κ2) is 4.87. The molecule has 0 spiro atoms. The van der Waals surface area contributed by atoms with E-state index in [1.54, 1.807) is 0 Å². The van der Waals surface area contributed by atoms with Gasteiger partial charge in [0, 0.05) is 13.1 Å². The van der Waals surface area contributed by atoms with E-state index in [1.165, 1.54) is 5.57 Å². The highest BCUT2D eigenvalue weighted by molar-refractivity contribution is 7.81. The van der Waals surface area contributed by atoms with E-state index in [1.807, 2.05) is 18.7 Å². The average Bonchev–Trinajstić information content (AvgIpc) is 2.15. The molecule has 0 aromatic heterocycles. The molecule has 0 radical (unpaired) electrons. The maximum absolute atomic E-state index is 11.9. The van der Waals surface area contributed by atoms with Crippen LogP contribution in [-0.2, 0) is 4.79 Å². The molecule has 0 N–H and O–H groups in total. The van der Waals surface area contributed by atoms with Crippen LogP contribution in [0.4, 0.5) is 0 Å². The van der Waals surface area contributed by atoms with Crippen LogP contribution in [0.5, 0.6) is 0 Å².